The molecule has 0 saturated heterocycles. The lowest BCUT2D eigenvalue weighted by Gasteiger charge is -2.22. The molecule has 0 atom stereocenters. The molecule has 0 radical (unpaired) electrons. The van der Waals surface area contributed by atoms with Crippen LogP contribution in [0.15, 0.2) is 18.2 Å². The van der Waals surface area contributed by atoms with E-state index in [1.54, 1.807) is 0 Å². The number of nitrogens with one attached hydrogen (secondary N) is 1. The molecule has 0 unspecified atom stereocenters. The topological polar surface area (TPSA) is 38.3 Å². The van der Waals surface area contributed by atoms with E-state index in [4.69, 9.17) is 4.74 Å². The second-order valence-electron chi connectivity index (χ2n) is 5.77. The Balaban J connectivity index is 1.70. The number of hydrogen-bond acceptors (Lipinski definition) is 2. The highest BCUT2D eigenvalue weighted by Gasteiger charge is 2.15. The number of benzene rings is 1. The molecule has 0 spiro atoms. The summed E-state index contributed by atoms with van der Waals surface area (Å²) in [5, 5.41) is 3.11. The summed E-state index contributed by atoms with van der Waals surface area (Å²) in [7, 11) is 0. The second-order valence-corrected chi connectivity index (χ2v) is 5.77. The summed E-state index contributed by atoms with van der Waals surface area (Å²) in [4.78, 5) is 11.8. The summed E-state index contributed by atoms with van der Waals surface area (Å²) in [5.41, 5.74) is 2.35. The van der Waals surface area contributed by atoms with Crippen molar-refractivity contribution >= 4 is 5.91 Å². The van der Waals surface area contributed by atoms with Crippen LogP contribution in [-0.4, -0.2) is 18.6 Å². The van der Waals surface area contributed by atoms with Crippen molar-refractivity contribution in [2.45, 2.75) is 58.4 Å². The zero-order valence-corrected chi connectivity index (χ0v) is 12.6. The molecule has 1 fully saturated rings. The molecule has 3 nitrogen and oxygen atoms in total. The van der Waals surface area contributed by atoms with Gasteiger partial charge in [0.15, 0.2) is 0 Å². The van der Waals surface area contributed by atoms with Crippen LogP contribution in [0, 0.1) is 13.8 Å². The quantitative estimate of drug-likeness (QED) is 0.893. The van der Waals surface area contributed by atoms with E-state index in [1.807, 2.05) is 19.1 Å². The van der Waals surface area contributed by atoms with Crippen molar-refractivity contribution in [1.29, 1.82) is 0 Å². The van der Waals surface area contributed by atoms with Crippen LogP contribution in [0.1, 0.15) is 49.7 Å². The van der Waals surface area contributed by atoms with Gasteiger partial charge in [0, 0.05) is 6.04 Å². The van der Waals surface area contributed by atoms with Gasteiger partial charge in [-0.25, -0.2) is 0 Å². The minimum Gasteiger partial charge on any atom is -0.493 e. The monoisotopic (exact) mass is 275 g/mol. The van der Waals surface area contributed by atoms with E-state index >= 15 is 0 Å². The smallest absolute Gasteiger partial charge is 0.223 e. The lowest BCUT2D eigenvalue weighted by atomic mass is 9.95. The van der Waals surface area contributed by atoms with Gasteiger partial charge in [-0.2, -0.15) is 0 Å². The molecule has 0 aliphatic heterocycles. The van der Waals surface area contributed by atoms with Crippen molar-refractivity contribution in [2.75, 3.05) is 6.61 Å². The number of ether oxygens (including phenoxy) is 1. The zero-order chi connectivity index (χ0) is 14.4. The van der Waals surface area contributed by atoms with Gasteiger partial charge in [-0.1, -0.05) is 37.0 Å². The van der Waals surface area contributed by atoms with Crippen molar-refractivity contribution in [3.63, 3.8) is 0 Å². The molecule has 1 aliphatic rings. The third kappa shape index (κ3) is 4.55. The molecule has 2 rings (SSSR count). The minimum absolute atomic E-state index is 0.113. The number of carbonyl (C=O) groups is 1. The Hall–Kier alpha value is -1.51. The van der Waals surface area contributed by atoms with Crippen LogP contribution in [0.25, 0.3) is 0 Å². The SMILES string of the molecule is Cc1ccc(OCCC(=O)NC2CCCCC2)c(C)c1. The number of amides is 1. The van der Waals surface area contributed by atoms with Gasteiger partial charge in [-0.15, -0.1) is 0 Å². The van der Waals surface area contributed by atoms with Gasteiger partial charge < -0.3 is 10.1 Å². The van der Waals surface area contributed by atoms with E-state index in [9.17, 15) is 4.79 Å². The number of aryl methyl sites for hydroxylation is 2. The molecule has 1 N–H and O–H groups in total. The molecule has 3 heteroatoms. The Morgan fingerprint density at radius 2 is 2.00 bits per heavy atom. The molecule has 0 heterocycles. The first-order valence-electron chi connectivity index (χ1n) is 7.64. The summed E-state index contributed by atoms with van der Waals surface area (Å²) in [6.07, 6.45) is 6.48. The average Bonchev–Trinajstić information content (AvgIpc) is 2.42. The van der Waals surface area contributed by atoms with E-state index < -0.39 is 0 Å². The fraction of sp³-hybridized carbons (Fsp3) is 0.588. The third-order valence-corrected chi connectivity index (χ3v) is 3.89. The molecular formula is C17H25NO2. The fourth-order valence-corrected chi connectivity index (χ4v) is 2.76. The van der Waals surface area contributed by atoms with Crippen molar-refractivity contribution in [2.24, 2.45) is 0 Å². The normalized spacial score (nSPS) is 15.9. The van der Waals surface area contributed by atoms with E-state index in [-0.39, 0.29) is 5.91 Å². The maximum atomic E-state index is 11.8. The number of hydrogen-bond donors (Lipinski definition) is 1. The van der Waals surface area contributed by atoms with E-state index in [0.717, 1.165) is 24.2 Å². The minimum atomic E-state index is 0.113. The molecule has 0 aromatic heterocycles. The molecular weight excluding hydrogens is 250 g/mol. The molecule has 1 aliphatic carbocycles. The largest absolute Gasteiger partial charge is 0.493 e. The van der Waals surface area contributed by atoms with Crippen LogP contribution < -0.4 is 10.1 Å². The first-order chi connectivity index (χ1) is 9.65. The van der Waals surface area contributed by atoms with Crippen LogP contribution in [0.5, 0.6) is 5.75 Å². The lowest BCUT2D eigenvalue weighted by Crippen LogP contribution is -2.36. The van der Waals surface area contributed by atoms with Crippen LogP contribution in [-0.2, 0) is 4.79 Å². The van der Waals surface area contributed by atoms with Crippen LogP contribution in [0.4, 0.5) is 0 Å². The van der Waals surface area contributed by atoms with Gasteiger partial charge in [-0.3, -0.25) is 4.79 Å². The van der Waals surface area contributed by atoms with Gasteiger partial charge in [0.25, 0.3) is 0 Å². The van der Waals surface area contributed by atoms with Crippen molar-refractivity contribution in [1.82, 2.24) is 5.32 Å². The van der Waals surface area contributed by atoms with Crippen molar-refractivity contribution in [3.05, 3.63) is 29.3 Å². The van der Waals surface area contributed by atoms with Gasteiger partial charge in [-0.05, 0) is 38.3 Å². The van der Waals surface area contributed by atoms with Gasteiger partial charge in [0.05, 0.1) is 13.0 Å². The molecule has 0 bridgehead atoms. The number of carbonyl (C=O) groups excluding carboxylic acids is 1. The summed E-state index contributed by atoms with van der Waals surface area (Å²) in [5.74, 6) is 0.989. The summed E-state index contributed by atoms with van der Waals surface area (Å²) in [6, 6.07) is 6.49. The fourth-order valence-electron chi connectivity index (χ4n) is 2.76. The highest BCUT2D eigenvalue weighted by molar-refractivity contribution is 5.76. The average molecular weight is 275 g/mol. The second kappa shape index (κ2) is 7.32. The maximum absolute atomic E-state index is 11.8. The van der Waals surface area contributed by atoms with Crippen molar-refractivity contribution < 1.29 is 9.53 Å². The molecule has 1 aromatic rings. The highest BCUT2D eigenvalue weighted by Crippen LogP contribution is 2.19. The molecule has 110 valence electrons. The first-order valence-corrected chi connectivity index (χ1v) is 7.64. The number of rotatable bonds is 5. The Morgan fingerprint density at radius 1 is 1.25 bits per heavy atom. The van der Waals surface area contributed by atoms with Crippen LogP contribution in [0.2, 0.25) is 0 Å². The Morgan fingerprint density at radius 3 is 2.70 bits per heavy atom. The van der Waals surface area contributed by atoms with E-state index in [0.29, 0.717) is 19.1 Å². The predicted octanol–water partition coefficient (Wildman–Crippen LogP) is 3.52. The first kappa shape index (κ1) is 14.9. The molecule has 20 heavy (non-hydrogen) atoms. The van der Waals surface area contributed by atoms with Crippen molar-refractivity contribution in [3.8, 4) is 5.75 Å². The van der Waals surface area contributed by atoms with E-state index in [2.05, 4.69) is 18.3 Å². The molecule has 1 aromatic carbocycles. The van der Waals surface area contributed by atoms with E-state index in [1.165, 1.54) is 24.8 Å². The lowest BCUT2D eigenvalue weighted by molar-refractivity contribution is -0.122. The summed E-state index contributed by atoms with van der Waals surface area (Å²) < 4.78 is 5.69. The van der Waals surface area contributed by atoms with Gasteiger partial charge >= 0.3 is 0 Å². The van der Waals surface area contributed by atoms with Crippen LogP contribution in [0.3, 0.4) is 0 Å². The third-order valence-electron chi connectivity index (χ3n) is 3.89. The predicted molar refractivity (Wildman–Crippen MR) is 81.0 cm³/mol. The molecule has 1 amide bonds. The van der Waals surface area contributed by atoms with Crippen LogP contribution >= 0.6 is 0 Å². The van der Waals surface area contributed by atoms with Gasteiger partial charge in [0.2, 0.25) is 5.91 Å². The Labute approximate surface area is 121 Å². The molecule has 1 saturated carbocycles. The summed E-state index contributed by atoms with van der Waals surface area (Å²) >= 11 is 0. The highest BCUT2D eigenvalue weighted by atomic mass is 16.5. The standard InChI is InChI=1S/C17H25NO2/c1-13-8-9-16(14(2)12-13)20-11-10-17(19)18-15-6-4-3-5-7-15/h8-9,12,15H,3-7,10-11H2,1-2H3,(H,18,19). The Bertz CT molecular complexity index is 450. The Kier molecular flexibility index (Phi) is 5.45. The maximum Gasteiger partial charge on any atom is 0.223 e. The zero-order valence-electron chi connectivity index (χ0n) is 12.6. The summed E-state index contributed by atoms with van der Waals surface area (Å²) in [6.45, 7) is 4.54. The van der Waals surface area contributed by atoms with Gasteiger partial charge in [0.1, 0.15) is 5.75 Å².